The SMILES string of the molecule is CCn1nc(C)cc1C(=O)Nc1ccc(OC(C)c2ccccc2)cc1C. The van der Waals surface area contributed by atoms with Crippen molar-refractivity contribution in [3.63, 3.8) is 0 Å². The molecule has 1 amide bonds. The van der Waals surface area contributed by atoms with Gasteiger partial charge in [-0.25, -0.2) is 0 Å². The Morgan fingerprint density at radius 2 is 1.89 bits per heavy atom. The van der Waals surface area contributed by atoms with Gasteiger partial charge in [-0.2, -0.15) is 5.10 Å². The molecule has 2 aromatic carbocycles. The first kappa shape index (κ1) is 18.7. The standard InChI is InChI=1S/C22H25N3O2/c1-5-25-21(14-16(3)24-25)22(26)23-20-12-11-19(13-15(20)2)27-17(4)18-9-7-6-8-10-18/h6-14,17H,5H2,1-4H3,(H,23,26). The molecule has 0 aliphatic heterocycles. The lowest BCUT2D eigenvalue weighted by atomic mass is 10.1. The minimum absolute atomic E-state index is 0.0482. The van der Waals surface area contributed by atoms with Crippen LogP contribution in [0.25, 0.3) is 0 Å². The van der Waals surface area contributed by atoms with Gasteiger partial charge in [0.05, 0.1) is 5.69 Å². The molecule has 140 valence electrons. The third-order valence-corrected chi connectivity index (χ3v) is 4.46. The second-order valence-electron chi connectivity index (χ2n) is 6.59. The van der Waals surface area contributed by atoms with Crippen LogP contribution in [0, 0.1) is 13.8 Å². The summed E-state index contributed by atoms with van der Waals surface area (Å²) in [6.07, 6.45) is -0.0482. The van der Waals surface area contributed by atoms with E-state index in [1.807, 2.05) is 76.2 Å². The predicted octanol–water partition coefficient (Wildman–Crippen LogP) is 4.91. The zero-order valence-corrected chi connectivity index (χ0v) is 16.2. The van der Waals surface area contributed by atoms with Crippen LogP contribution in [0.5, 0.6) is 5.75 Å². The van der Waals surface area contributed by atoms with Crippen LogP contribution in [-0.2, 0) is 6.54 Å². The van der Waals surface area contributed by atoms with Crippen LogP contribution in [-0.4, -0.2) is 15.7 Å². The van der Waals surface area contributed by atoms with Crippen molar-refractivity contribution in [2.24, 2.45) is 0 Å². The van der Waals surface area contributed by atoms with E-state index in [9.17, 15) is 4.79 Å². The zero-order chi connectivity index (χ0) is 19.4. The fourth-order valence-corrected chi connectivity index (χ4v) is 3.00. The van der Waals surface area contributed by atoms with E-state index >= 15 is 0 Å². The van der Waals surface area contributed by atoms with E-state index in [1.165, 1.54) is 0 Å². The molecule has 1 atom stereocenters. The first-order valence-electron chi connectivity index (χ1n) is 9.16. The van der Waals surface area contributed by atoms with Gasteiger partial charge in [-0.3, -0.25) is 9.48 Å². The summed E-state index contributed by atoms with van der Waals surface area (Å²) < 4.78 is 7.75. The van der Waals surface area contributed by atoms with Crippen molar-refractivity contribution in [2.75, 3.05) is 5.32 Å². The molecule has 27 heavy (non-hydrogen) atoms. The van der Waals surface area contributed by atoms with Crippen LogP contribution in [0.2, 0.25) is 0 Å². The van der Waals surface area contributed by atoms with Crippen LogP contribution >= 0.6 is 0 Å². The summed E-state index contributed by atoms with van der Waals surface area (Å²) in [6, 6.07) is 17.6. The second-order valence-corrected chi connectivity index (χ2v) is 6.59. The van der Waals surface area contributed by atoms with Gasteiger partial charge >= 0.3 is 0 Å². The Labute approximate surface area is 160 Å². The molecule has 0 aliphatic carbocycles. The number of carbonyl (C=O) groups is 1. The number of aryl methyl sites for hydroxylation is 3. The fourth-order valence-electron chi connectivity index (χ4n) is 3.00. The molecule has 0 bridgehead atoms. The highest BCUT2D eigenvalue weighted by Crippen LogP contribution is 2.26. The third kappa shape index (κ3) is 4.37. The zero-order valence-electron chi connectivity index (χ0n) is 16.2. The number of benzene rings is 2. The topological polar surface area (TPSA) is 56.2 Å². The Kier molecular flexibility index (Phi) is 5.60. The predicted molar refractivity (Wildman–Crippen MR) is 107 cm³/mol. The molecule has 0 aliphatic rings. The summed E-state index contributed by atoms with van der Waals surface area (Å²) >= 11 is 0. The summed E-state index contributed by atoms with van der Waals surface area (Å²) in [7, 11) is 0. The quantitative estimate of drug-likeness (QED) is 0.677. The summed E-state index contributed by atoms with van der Waals surface area (Å²) in [6.45, 7) is 8.48. The number of carbonyl (C=O) groups excluding carboxylic acids is 1. The van der Waals surface area contributed by atoms with E-state index in [1.54, 1.807) is 10.7 Å². The molecule has 1 N–H and O–H groups in total. The molecule has 3 rings (SSSR count). The normalized spacial score (nSPS) is 11.9. The Hall–Kier alpha value is -3.08. The van der Waals surface area contributed by atoms with Crippen molar-refractivity contribution < 1.29 is 9.53 Å². The largest absolute Gasteiger partial charge is 0.486 e. The van der Waals surface area contributed by atoms with E-state index in [-0.39, 0.29) is 12.0 Å². The average Bonchev–Trinajstić information content (AvgIpc) is 3.05. The molecule has 0 radical (unpaired) electrons. The Morgan fingerprint density at radius 1 is 1.15 bits per heavy atom. The third-order valence-electron chi connectivity index (χ3n) is 4.46. The van der Waals surface area contributed by atoms with Crippen molar-refractivity contribution in [3.05, 3.63) is 77.1 Å². The molecule has 0 saturated heterocycles. The van der Waals surface area contributed by atoms with Crippen molar-refractivity contribution in [1.29, 1.82) is 0 Å². The number of rotatable bonds is 6. The van der Waals surface area contributed by atoms with Crippen LogP contribution in [0.4, 0.5) is 5.69 Å². The van der Waals surface area contributed by atoms with Gasteiger partial charge in [0.15, 0.2) is 0 Å². The monoisotopic (exact) mass is 363 g/mol. The highest BCUT2D eigenvalue weighted by molar-refractivity contribution is 6.03. The Balaban J connectivity index is 1.72. The molecule has 1 unspecified atom stereocenters. The summed E-state index contributed by atoms with van der Waals surface area (Å²) in [5.74, 6) is 0.614. The van der Waals surface area contributed by atoms with Crippen LogP contribution in [0.1, 0.15) is 47.3 Å². The smallest absolute Gasteiger partial charge is 0.273 e. The molecule has 3 aromatic rings. The number of ether oxygens (including phenoxy) is 1. The van der Waals surface area contributed by atoms with Gasteiger partial charge in [-0.1, -0.05) is 30.3 Å². The number of anilines is 1. The van der Waals surface area contributed by atoms with E-state index < -0.39 is 0 Å². The molecular formula is C22H25N3O2. The van der Waals surface area contributed by atoms with Crippen LogP contribution < -0.4 is 10.1 Å². The highest BCUT2D eigenvalue weighted by atomic mass is 16.5. The van der Waals surface area contributed by atoms with Gasteiger partial charge in [-0.05, 0) is 63.1 Å². The van der Waals surface area contributed by atoms with E-state index in [0.29, 0.717) is 12.2 Å². The van der Waals surface area contributed by atoms with Gasteiger partial charge in [0.25, 0.3) is 5.91 Å². The molecule has 0 fully saturated rings. The first-order valence-corrected chi connectivity index (χ1v) is 9.16. The number of aromatic nitrogens is 2. The number of nitrogens with zero attached hydrogens (tertiary/aromatic N) is 2. The maximum Gasteiger partial charge on any atom is 0.273 e. The number of amides is 1. The summed E-state index contributed by atoms with van der Waals surface area (Å²) in [5.41, 5.74) is 4.22. The lowest BCUT2D eigenvalue weighted by Crippen LogP contribution is -2.17. The molecule has 5 nitrogen and oxygen atoms in total. The highest BCUT2D eigenvalue weighted by Gasteiger charge is 2.15. The van der Waals surface area contributed by atoms with Crippen molar-refractivity contribution in [2.45, 2.75) is 40.3 Å². The molecular weight excluding hydrogens is 338 g/mol. The van der Waals surface area contributed by atoms with Gasteiger partial charge in [0, 0.05) is 12.2 Å². The van der Waals surface area contributed by atoms with Crippen LogP contribution in [0.15, 0.2) is 54.6 Å². The lowest BCUT2D eigenvalue weighted by molar-refractivity contribution is 0.101. The minimum Gasteiger partial charge on any atom is -0.486 e. The maximum atomic E-state index is 12.6. The lowest BCUT2D eigenvalue weighted by Gasteiger charge is -2.17. The van der Waals surface area contributed by atoms with Crippen LogP contribution in [0.3, 0.4) is 0 Å². The van der Waals surface area contributed by atoms with Gasteiger partial charge in [0.2, 0.25) is 0 Å². The van der Waals surface area contributed by atoms with E-state index in [4.69, 9.17) is 4.74 Å². The first-order chi connectivity index (χ1) is 13.0. The molecule has 0 spiro atoms. The van der Waals surface area contributed by atoms with Crippen molar-refractivity contribution >= 4 is 11.6 Å². The number of hydrogen-bond donors (Lipinski definition) is 1. The molecule has 0 saturated carbocycles. The fraction of sp³-hybridized carbons (Fsp3) is 0.273. The summed E-state index contributed by atoms with van der Waals surface area (Å²) in [4.78, 5) is 12.6. The van der Waals surface area contributed by atoms with Crippen molar-refractivity contribution in [1.82, 2.24) is 9.78 Å². The van der Waals surface area contributed by atoms with Gasteiger partial charge in [0.1, 0.15) is 17.5 Å². The number of hydrogen-bond acceptors (Lipinski definition) is 3. The molecule has 1 aromatic heterocycles. The van der Waals surface area contributed by atoms with Gasteiger partial charge < -0.3 is 10.1 Å². The van der Waals surface area contributed by atoms with E-state index in [2.05, 4.69) is 10.4 Å². The molecule has 5 heteroatoms. The second kappa shape index (κ2) is 8.08. The average molecular weight is 363 g/mol. The van der Waals surface area contributed by atoms with Gasteiger partial charge in [-0.15, -0.1) is 0 Å². The van der Waals surface area contributed by atoms with E-state index in [0.717, 1.165) is 28.3 Å². The maximum absolute atomic E-state index is 12.6. The van der Waals surface area contributed by atoms with Crippen molar-refractivity contribution in [3.8, 4) is 5.75 Å². The Bertz CT molecular complexity index is 932. The Morgan fingerprint density at radius 3 is 2.56 bits per heavy atom. The molecule has 1 heterocycles. The number of nitrogens with one attached hydrogen (secondary N) is 1. The summed E-state index contributed by atoms with van der Waals surface area (Å²) in [5, 5.41) is 7.30. The minimum atomic E-state index is -0.160.